The number of amides is 2. The Morgan fingerprint density at radius 2 is 1.81 bits per heavy atom. The average molecular weight is 395 g/mol. The Hall–Kier alpha value is -2.38. The van der Waals surface area contributed by atoms with Crippen LogP contribution in [0, 0.1) is 13.8 Å². The second-order valence-electron chi connectivity index (χ2n) is 5.74. The number of hydrogen-bond donors (Lipinski definition) is 1. The number of halogens is 1. The number of hydrogen-bond acceptors (Lipinski definition) is 5. The van der Waals surface area contributed by atoms with Crippen LogP contribution in [0.2, 0.25) is 4.34 Å². The van der Waals surface area contributed by atoms with Gasteiger partial charge in [0.15, 0.2) is 6.61 Å². The van der Waals surface area contributed by atoms with Crippen molar-refractivity contribution in [1.29, 1.82) is 0 Å². The third kappa shape index (κ3) is 5.31. The van der Waals surface area contributed by atoms with Crippen LogP contribution in [0.5, 0.6) is 0 Å². The summed E-state index contributed by atoms with van der Waals surface area (Å²) in [6.45, 7) is 3.21. The van der Waals surface area contributed by atoms with Gasteiger partial charge in [0.1, 0.15) is 4.88 Å². The molecule has 0 fully saturated rings. The second-order valence-corrected chi connectivity index (χ2v) is 7.46. The summed E-state index contributed by atoms with van der Waals surface area (Å²) in [5.74, 6) is -1.42. The molecule has 2 aromatic rings. The number of para-hydroxylation sites is 1. The topological polar surface area (TPSA) is 75.7 Å². The largest absolute Gasteiger partial charge is 0.451 e. The van der Waals surface area contributed by atoms with Gasteiger partial charge in [0.25, 0.3) is 5.91 Å². The summed E-state index contributed by atoms with van der Waals surface area (Å²) in [6, 6.07) is 8.81. The highest BCUT2D eigenvalue weighted by Crippen LogP contribution is 2.22. The average Bonchev–Trinajstić information content (AvgIpc) is 3.02. The number of thiophene rings is 1. The van der Waals surface area contributed by atoms with Gasteiger partial charge in [-0.2, -0.15) is 0 Å². The van der Waals surface area contributed by atoms with Crippen molar-refractivity contribution in [2.24, 2.45) is 0 Å². The lowest BCUT2D eigenvalue weighted by atomic mass is 10.1. The van der Waals surface area contributed by atoms with Gasteiger partial charge in [0, 0.05) is 12.7 Å². The number of ether oxygens (including phenoxy) is 1. The molecule has 1 aromatic heterocycles. The standard InChI is InChI=1S/C18H19ClN2O4S/c1-11-5-4-6-12(2)17(11)20-15(22)9-21(3)16(23)10-25-18(24)13-7-8-14(19)26-13/h4-8H,9-10H2,1-3H3,(H,20,22). The molecule has 1 heterocycles. The molecule has 2 amide bonds. The minimum atomic E-state index is -0.622. The monoisotopic (exact) mass is 394 g/mol. The van der Waals surface area contributed by atoms with Gasteiger partial charge in [-0.3, -0.25) is 9.59 Å². The number of aryl methyl sites for hydroxylation is 2. The molecule has 1 aromatic carbocycles. The van der Waals surface area contributed by atoms with E-state index in [1.165, 1.54) is 18.0 Å². The molecule has 0 spiro atoms. The molecule has 0 saturated heterocycles. The molecule has 6 nitrogen and oxygen atoms in total. The van der Waals surface area contributed by atoms with Crippen molar-refractivity contribution < 1.29 is 19.1 Å². The van der Waals surface area contributed by atoms with E-state index in [9.17, 15) is 14.4 Å². The Morgan fingerprint density at radius 3 is 2.38 bits per heavy atom. The zero-order chi connectivity index (χ0) is 19.3. The highest BCUT2D eigenvalue weighted by molar-refractivity contribution is 7.17. The molecular formula is C18H19ClN2O4S. The molecule has 0 bridgehead atoms. The molecule has 0 unspecified atom stereocenters. The number of anilines is 1. The summed E-state index contributed by atoms with van der Waals surface area (Å²) < 4.78 is 5.41. The minimum absolute atomic E-state index is 0.144. The smallest absolute Gasteiger partial charge is 0.348 e. The third-order valence-electron chi connectivity index (χ3n) is 3.65. The van der Waals surface area contributed by atoms with E-state index in [2.05, 4.69) is 5.32 Å². The number of carbonyl (C=O) groups excluding carboxylic acids is 3. The number of esters is 1. The number of likely N-dealkylation sites (N-methyl/N-ethyl adjacent to an activating group) is 1. The van der Waals surface area contributed by atoms with Gasteiger partial charge in [-0.15, -0.1) is 11.3 Å². The Morgan fingerprint density at radius 1 is 1.15 bits per heavy atom. The van der Waals surface area contributed by atoms with Crippen LogP contribution in [0.25, 0.3) is 0 Å². The van der Waals surface area contributed by atoms with E-state index >= 15 is 0 Å². The van der Waals surface area contributed by atoms with E-state index < -0.39 is 18.5 Å². The van der Waals surface area contributed by atoms with Crippen LogP contribution in [0.15, 0.2) is 30.3 Å². The lowest BCUT2D eigenvalue weighted by Gasteiger charge is -2.18. The van der Waals surface area contributed by atoms with Crippen LogP contribution in [-0.2, 0) is 14.3 Å². The normalized spacial score (nSPS) is 10.3. The first-order valence-electron chi connectivity index (χ1n) is 7.80. The maximum Gasteiger partial charge on any atom is 0.348 e. The van der Waals surface area contributed by atoms with Crippen LogP contribution in [0.1, 0.15) is 20.8 Å². The van der Waals surface area contributed by atoms with Gasteiger partial charge in [0.05, 0.1) is 10.9 Å². The Labute approximate surface area is 160 Å². The fourth-order valence-electron chi connectivity index (χ4n) is 2.23. The summed E-state index contributed by atoms with van der Waals surface area (Å²) in [4.78, 5) is 37.5. The fraction of sp³-hybridized carbons (Fsp3) is 0.278. The van der Waals surface area contributed by atoms with Crippen molar-refractivity contribution in [3.8, 4) is 0 Å². The van der Waals surface area contributed by atoms with E-state index in [-0.39, 0.29) is 12.5 Å². The summed E-state index contributed by atoms with van der Waals surface area (Å²) in [5, 5.41) is 2.80. The van der Waals surface area contributed by atoms with Gasteiger partial charge in [-0.05, 0) is 37.1 Å². The summed E-state index contributed by atoms with van der Waals surface area (Å²) in [5.41, 5.74) is 2.62. The predicted octanol–water partition coefficient (Wildman–Crippen LogP) is 3.27. The first-order valence-corrected chi connectivity index (χ1v) is 9.00. The Kier molecular flexibility index (Phi) is 6.76. The quantitative estimate of drug-likeness (QED) is 0.763. The molecule has 0 aliphatic rings. The van der Waals surface area contributed by atoms with E-state index in [0.29, 0.717) is 9.21 Å². The van der Waals surface area contributed by atoms with Gasteiger partial charge >= 0.3 is 5.97 Å². The molecular weight excluding hydrogens is 376 g/mol. The van der Waals surface area contributed by atoms with Crippen LogP contribution < -0.4 is 5.32 Å². The van der Waals surface area contributed by atoms with Crippen LogP contribution in [-0.4, -0.2) is 42.9 Å². The third-order valence-corrected chi connectivity index (χ3v) is 4.86. The van der Waals surface area contributed by atoms with Crippen molar-refractivity contribution in [2.45, 2.75) is 13.8 Å². The molecule has 26 heavy (non-hydrogen) atoms. The van der Waals surface area contributed by atoms with Crippen LogP contribution >= 0.6 is 22.9 Å². The SMILES string of the molecule is Cc1cccc(C)c1NC(=O)CN(C)C(=O)COC(=O)c1ccc(Cl)s1. The molecule has 0 atom stereocenters. The van der Waals surface area contributed by atoms with Crippen molar-refractivity contribution >= 4 is 46.4 Å². The summed E-state index contributed by atoms with van der Waals surface area (Å²) in [6.07, 6.45) is 0. The van der Waals surface area contributed by atoms with Crippen LogP contribution in [0.3, 0.4) is 0 Å². The lowest BCUT2D eigenvalue weighted by Crippen LogP contribution is -2.37. The second kappa shape index (κ2) is 8.82. The van der Waals surface area contributed by atoms with Crippen molar-refractivity contribution in [2.75, 3.05) is 25.5 Å². The van der Waals surface area contributed by atoms with E-state index in [0.717, 1.165) is 28.2 Å². The molecule has 138 valence electrons. The number of carbonyl (C=O) groups is 3. The zero-order valence-corrected chi connectivity index (χ0v) is 16.2. The van der Waals surface area contributed by atoms with Gasteiger partial charge in [-0.25, -0.2) is 4.79 Å². The number of nitrogens with zero attached hydrogens (tertiary/aromatic N) is 1. The van der Waals surface area contributed by atoms with E-state index in [4.69, 9.17) is 16.3 Å². The lowest BCUT2D eigenvalue weighted by molar-refractivity contribution is -0.136. The minimum Gasteiger partial charge on any atom is -0.451 e. The highest BCUT2D eigenvalue weighted by atomic mass is 35.5. The van der Waals surface area contributed by atoms with E-state index in [1.807, 2.05) is 32.0 Å². The van der Waals surface area contributed by atoms with Crippen molar-refractivity contribution in [3.63, 3.8) is 0 Å². The maximum absolute atomic E-state index is 12.2. The summed E-state index contributed by atoms with van der Waals surface area (Å²) in [7, 11) is 1.47. The molecule has 0 saturated carbocycles. The fourth-order valence-corrected chi connectivity index (χ4v) is 3.16. The van der Waals surface area contributed by atoms with Crippen LogP contribution in [0.4, 0.5) is 5.69 Å². The zero-order valence-electron chi connectivity index (χ0n) is 14.7. The first kappa shape index (κ1) is 19.9. The van der Waals surface area contributed by atoms with Gasteiger partial charge in [0.2, 0.25) is 5.91 Å². The maximum atomic E-state index is 12.2. The predicted molar refractivity (Wildman–Crippen MR) is 102 cm³/mol. The molecule has 0 aliphatic heterocycles. The molecule has 2 rings (SSSR count). The molecule has 1 N–H and O–H groups in total. The molecule has 0 radical (unpaired) electrons. The number of benzene rings is 1. The molecule has 8 heteroatoms. The van der Waals surface area contributed by atoms with E-state index in [1.54, 1.807) is 6.07 Å². The highest BCUT2D eigenvalue weighted by Gasteiger charge is 2.17. The number of rotatable bonds is 6. The Balaban J connectivity index is 1.84. The summed E-state index contributed by atoms with van der Waals surface area (Å²) >= 11 is 6.83. The molecule has 0 aliphatic carbocycles. The Bertz CT molecular complexity index is 814. The first-order chi connectivity index (χ1) is 12.3. The van der Waals surface area contributed by atoms with Gasteiger partial charge < -0.3 is 15.0 Å². The van der Waals surface area contributed by atoms with Gasteiger partial charge in [-0.1, -0.05) is 29.8 Å². The van der Waals surface area contributed by atoms with Crippen molar-refractivity contribution in [3.05, 3.63) is 50.7 Å². The van der Waals surface area contributed by atoms with Crippen molar-refractivity contribution in [1.82, 2.24) is 4.90 Å². The number of nitrogens with one attached hydrogen (secondary N) is 1.